The first-order chi connectivity index (χ1) is 18.6. The van der Waals surface area contributed by atoms with Crippen molar-refractivity contribution in [1.29, 1.82) is 0 Å². The van der Waals surface area contributed by atoms with Crippen molar-refractivity contribution in [3.63, 3.8) is 0 Å². The van der Waals surface area contributed by atoms with Crippen molar-refractivity contribution >= 4 is 27.5 Å². The number of aryl methyl sites for hydroxylation is 2. The fourth-order valence-electron chi connectivity index (χ4n) is 4.56. The van der Waals surface area contributed by atoms with Gasteiger partial charge in [-0.2, -0.15) is 0 Å². The van der Waals surface area contributed by atoms with Gasteiger partial charge in [0.2, 0.25) is 5.91 Å². The van der Waals surface area contributed by atoms with Crippen LogP contribution in [0.25, 0.3) is 16.9 Å². The lowest BCUT2D eigenvalue weighted by atomic mass is 10.1. The number of carbonyl (C=O) groups is 2. The van der Waals surface area contributed by atoms with Crippen LogP contribution in [-0.2, 0) is 22.2 Å². The highest BCUT2D eigenvalue weighted by Gasteiger charge is 2.29. The van der Waals surface area contributed by atoms with Crippen LogP contribution in [0.2, 0.25) is 0 Å². The molecule has 1 unspecified atom stereocenters. The van der Waals surface area contributed by atoms with Gasteiger partial charge < -0.3 is 19.5 Å². The van der Waals surface area contributed by atoms with Gasteiger partial charge in [-0.15, -0.1) is 5.10 Å². The van der Waals surface area contributed by atoms with Gasteiger partial charge in [-0.25, -0.2) is 18.0 Å². The van der Waals surface area contributed by atoms with Gasteiger partial charge in [-0.3, -0.25) is 14.4 Å². The van der Waals surface area contributed by atoms with Gasteiger partial charge in [0.25, 0.3) is 10.7 Å². The smallest absolute Gasteiger partial charge is 0.277 e. The molecule has 13 heteroatoms. The quantitative estimate of drug-likeness (QED) is 0.416. The second-order valence-electron chi connectivity index (χ2n) is 9.65. The van der Waals surface area contributed by atoms with Gasteiger partial charge in [0, 0.05) is 38.2 Å². The minimum atomic E-state index is -1.95. The Morgan fingerprint density at radius 3 is 2.51 bits per heavy atom. The summed E-state index contributed by atoms with van der Waals surface area (Å²) in [6, 6.07) is 4.74. The monoisotopic (exact) mass is 557 g/mol. The van der Waals surface area contributed by atoms with Gasteiger partial charge in [0.15, 0.2) is 22.3 Å². The van der Waals surface area contributed by atoms with Crippen molar-refractivity contribution in [2.24, 2.45) is 0 Å². The molecule has 1 fully saturated rings. The third-order valence-corrected chi connectivity index (χ3v) is 7.81. The molecule has 1 aromatic carbocycles. The highest BCUT2D eigenvalue weighted by molar-refractivity contribution is 7.98. The Bertz CT molecular complexity index is 1460. The Balaban J connectivity index is 1.62. The number of ether oxygens (including phenoxy) is 1. The average Bonchev–Trinajstić information content (AvgIpc) is 3.23. The maximum Gasteiger partial charge on any atom is 0.277 e. The minimum Gasteiger partial charge on any atom is -0.493 e. The molecule has 1 N–H and O–H groups in total. The van der Waals surface area contributed by atoms with Crippen LogP contribution < -0.4 is 10.3 Å². The summed E-state index contributed by atoms with van der Waals surface area (Å²) < 4.78 is 22.1. The van der Waals surface area contributed by atoms with Crippen molar-refractivity contribution in [3.8, 4) is 17.1 Å². The minimum absolute atomic E-state index is 0.00144. The van der Waals surface area contributed by atoms with Crippen LogP contribution in [-0.4, -0.2) is 102 Å². The number of nitrogens with zero attached hydrogens (tertiary/aromatic N) is 6. The van der Waals surface area contributed by atoms with E-state index in [-0.39, 0.29) is 22.9 Å². The van der Waals surface area contributed by atoms with Crippen LogP contribution in [0, 0.1) is 6.92 Å². The standard InChI is InChI=1S/C26H35N7O5S/c1-6-8-21-27-17(3)23-25(35)28-24(29-33(21)23)19-15-18(9-10-20(19)38-7-2)26(36)39(37)32-13-11-31(12-14-32)22(34)16-30(4)5/h9-10,15H,6-8,11-14,16H2,1-5H3,(H,28,29,35). The Morgan fingerprint density at radius 1 is 1.15 bits per heavy atom. The number of H-pyrrole nitrogens is 1. The molecule has 1 aliphatic rings. The first-order valence-electron chi connectivity index (χ1n) is 13.0. The summed E-state index contributed by atoms with van der Waals surface area (Å²) in [6.07, 6.45) is 1.48. The highest BCUT2D eigenvalue weighted by Crippen LogP contribution is 2.29. The lowest BCUT2D eigenvalue weighted by Gasteiger charge is -2.33. The number of piperazine rings is 1. The summed E-state index contributed by atoms with van der Waals surface area (Å²) in [5, 5.41) is 4.08. The first-order valence-corrected chi connectivity index (χ1v) is 14.1. The molecule has 210 valence electrons. The molecule has 39 heavy (non-hydrogen) atoms. The molecule has 1 saturated heterocycles. The van der Waals surface area contributed by atoms with E-state index in [1.807, 2.05) is 27.9 Å². The number of amides is 1. The van der Waals surface area contributed by atoms with Crippen molar-refractivity contribution in [2.45, 2.75) is 33.6 Å². The predicted octanol–water partition coefficient (Wildman–Crippen LogP) is 1.25. The molecular weight excluding hydrogens is 522 g/mol. The third kappa shape index (κ3) is 6.10. The summed E-state index contributed by atoms with van der Waals surface area (Å²) in [6.45, 7) is 7.74. The van der Waals surface area contributed by atoms with E-state index in [9.17, 15) is 18.6 Å². The van der Waals surface area contributed by atoms with Crippen LogP contribution in [0.3, 0.4) is 0 Å². The number of aromatic nitrogens is 4. The largest absolute Gasteiger partial charge is 0.493 e. The molecule has 0 spiro atoms. The topological polar surface area (TPSA) is 133 Å². The van der Waals surface area contributed by atoms with Crippen LogP contribution in [0.15, 0.2) is 23.0 Å². The zero-order chi connectivity index (χ0) is 28.3. The number of hydrogen-bond acceptors (Lipinski definition) is 8. The zero-order valence-electron chi connectivity index (χ0n) is 23.0. The predicted molar refractivity (Wildman–Crippen MR) is 148 cm³/mol. The number of aromatic amines is 1. The molecule has 1 amide bonds. The summed E-state index contributed by atoms with van der Waals surface area (Å²) in [5.74, 6) is 1.33. The molecule has 4 rings (SSSR count). The molecule has 0 aliphatic carbocycles. The number of fused-ring (bicyclic) bond motifs is 1. The Hall–Kier alpha value is -3.42. The van der Waals surface area contributed by atoms with E-state index in [4.69, 9.17) is 4.74 Å². The highest BCUT2D eigenvalue weighted by atomic mass is 32.2. The SMILES string of the molecule is CCCc1nc(C)c2c(=O)[nH]c(-c3cc(C(=O)S(=O)N4CCN(C(=O)CN(C)C)CC4)ccc3OCC)nn12. The number of likely N-dealkylation sites (N-methyl/N-ethyl adjacent to an activating group) is 1. The summed E-state index contributed by atoms with van der Waals surface area (Å²) >= 11 is 0. The molecule has 3 heterocycles. The second kappa shape index (κ2) is 12.2. The lowest BCUT2D eigenvalue weighted by molar-refractivity contribution is -0.132. The number of carbonyl (C=O) groups excluding carboxylic acids is 2. The molecule has 3 aromatic rings. The van der Waals surface area contributed by atoms with Crippen LogP contribution in [0.4, 0.5) is 0 Å². The van der Waals surface area contributed by atoms with Crippen LogP contribution >= 0.6 is 0 Å². The second-order valence-corrected chi connectivity index (χ2v) is 11.0. The Morgan fingerprint density at radius 2 is 1.87 bits per heavy atom. The van der Waals surface area contributed by atoms with E-state index in [0.29, 0.717) is 74.1 Å². The van der Waals surface area contributed by atoms with Crippen molar-refractivity contribution in [1.82, 2.24) is 33.7 Å². The molecule has 0 radical (unpaired) electrons. The van der Waals surface area contributed by atoms with Gasteiger partial charge in [0.05, 0.1) is 24.4 Å². The fraction of sp³-hybridized carbons (Fsp3) is 0.500. The number of hydrogen-bond donors (Lipinski definition) is 1. The first kappa shape index (κ1) is 28.6. The maximum absolute atomic E-state index is 13.3. The fourth-order valence-corrected chi connectivity index (χ4v) is 5.62. The van der Waals surface area contributed by atoms with E-state index in [1.165, 1.54) is 0 Å². The van der Waals surface area contributed by atoms with Crippen molar-refractivity contribution in [2.75, 3.05) is 53.4 Å². The van der Waals surface area contributed by atoms with E-state index in [2.05, 4.69) is 15.1 Å². The molecule has 2 aromatic heterocycles. The molecule has 12 nitrogen and oxygen atoms in total. The molecule has 0 bridgehead atoms. The lowest BCUT2D eigenvalue weighted by Crippen LogP contribution is -2.51. The molecule has 1 atom stereocenters. The summed E-state index contributed by atoms with van der Waals surface area (Å²) in [5.41, 5.74) is 1.22. The maximum atomic E-state index is 13.3. The normalized spacial score (nSPS) is 15.2. The molecule has 1 aliphatic heterocycles. The summed E-state index contributed by atoms with van der Waals surface area (Å²) in [4.78, 5) is 49.5. The van der Waals surface area contributed by atoms with E-state index in [0.717, 1.165) is 6.42 Å². The number of nitrogens with one attached hydrogen (secondary N) is 1. The van der Waals surface area contributed by atoms with Gasteiger partial charge in [0.1, 0.15) is 11.6 Å². The summed E-state index contributed by atoms with van der Waals surface area (Å²) in [7, 11) is 1.71. The van der Waals surface area contributed by atoms with Gasteiger partial charge in [-0.05, 0) is 52.6 Å². The average molecular weight is 558 g/mol. The van der Waals surface area contributed by atoms with E-state index in [1.54, 1.807) is 43.7 Å². The van der Waals surface area contributed by atoms with E-state index >= 15 is 0 Å². The molecule has 0 saturated carbocycles. The van der Waals surface area contributed by atoms with Crippen molar-refractivity contribution in [3.05, 3.63) is 45.6 Å². The number of imidazole rings is 1. The van der Waals surface area contributed by atoms with Gasteiger partial charge >= 0.3 is 0 Å². The number of rotatable bonds is 9. The van der Waals surface area contributed by atoms with Crippen LogP contribution in [0.1, 0.15) is 42.1 Å². The molecular formula is C26H35N7O5S. The van der Waals surface area contributed by atoms with Crippen LogP contribution in [0.5, 0.6) is 5.75 Å². The Kier molecular flexibility index (Phi) is 8.93. The number of benzene rings is 1. The Labute approximate surface area is 229 Å². The zero-order valence-corrected chi connectivity index (χ0v) is 23.8. The third-order valence-electron chi connectivity index (χ3n) is 6.42. The van der Waals surface area contributed by atoms with Gasteiger partial charge in [-0.1, -0.05) is 6.92 Å². The van der Waals surface area contributed by atoms with E-state index < -0.39 is 16.1 Å². The van der Waals surface area contributed by atoms with Crippen molar-refractivity contribution < 1.29 is 18.5 Å².